The van der Waals surface area contributed by atoms with Gasteiger partial charge in [-0.15, -0.1) is 0 Å². The monoisotopic (exact) mass is 244 g/mol. The van der Waals surface area contributed by atoms with Gasteiger partial charge in [0.1, 0.15) is 0 Å². The third-order valence-corrected chi connectivity index (χ3v) is 2.07. The van der Waals surface area contributed by atoms with E-state index >= 15 is 0 Å². The van der Waals surface area contributed by atoms with E-state index in [4.69, 9.17) is 11.3 Å². The fourth-order valence-corrected chi connectivity index (χ4v) is 1.26. The summed E-state index contributed by atoms with van der Waals surface area (Å²) in [5.41, 5.74) is 15.0. The summed E-state index contributed by atoms with van der Waals surface area (Å²) in [7, 11) is 1.30. The Balaban J connectivity index is 2.94. The molecule has 6 heteroatoms. The first-order valence-corrected chi connectivity index (χ1v) is 5.16. The second kappa shape index (κ2) is 6.84. The van der Waals surface area contributed by atoms with Crippen molar-refractivity contribution in [1.82, 2.24) is 0 Å². The van der Waals surface area contributed by atoms with Crippen molar-refractivity contribution in [3.63, 3.8) is 0 Å². The Morgan fingerprint density at radius 1 is 1.61 bits per heavy atom. The molecule has 1 aromatic carbocycles. The fraction of sp³-hybridized carbons (Fsp3) is 0.250. The van der Waals surface area contributed by atoms with Crippen LogP contribution in [-0.4, -0.2) is 19.6 Å². The predicted molar refractivity (Wildman–Crippen MR) is 67.7 cm³/mol. The molecule has 0 bridgehead atoms. The molecule has 0 aliphatic heterocycles. The zero-order chi connectivity index (χ0) is 13.4. The number of anilines is 1. The van der Waals surface area contributed by atoms with Crippen LogP contribution in [0.15, 0.2) is 23.3 Å². The van der Waals surface area contributed by atoms with Crippen molar-refractivity contribution in [1.29, 1.82) is 0 Å². The van der Waals surface area contributed by atoms with E-state index in [-0.39, 0.29) is 0 Å². The second-order valence-corrected chi connectivity index (χ2v) is 3.30. The van der Waals surface area contributed by atoms with Crippen LogP contribution in [0.25, 0.3) is 10.4 Å². The summed E-state index contributed by atoms with van der Waals surface area (Å²) in [5, 5.41) is 3.36. The lowest BCUT2D eigenvalue weighted by Crippen LogP contribution is -2.05. The number of hydrogen-bond acceptors (Lipinski definition) is 4. The van der Waals surface area contributed by atoms with Crippen molar-refractivity contribution in [2.75, 3.05) is 19.4 Å². The van der Waals surface area contributed by atoms with Crippen LogP contribution in [0.1, 0.15) is 22.3 Å². The topological polar surface area (TPSA) is 101 Å². The van der Waals surface area contributed by atoms with Crippen molar-refractivity contribution >= 4 is 11.7 Å². The molecule has 0 spiro atoms. The maximum atomic E-state index is 11.5. The van der Waals surface area contributed by atoms with Gasteiger partial charge in [0.05, 0.1) is 12.7 Å². The van der Waals surface area contributed by atoms with Gasteiger partial charge in [-0.25, -0.2) is 4.79 Å². The van der Waals surface area contributed by atoms with Crippen molar-refractivity contribution < 1.29 is 9.53 Å². The smallest absolute Gasteiger partial charge is 0.339 e. The molecule has 0 amide bonds. The molecule has 18 heavy (non-hydrogen) atoms. The number of nitrogen functional groups attached to an aromatic ring is 1. The molecule has 0 heterocycles. The third-order valence-electron chi connectivity index (χ3n) is 2.07. The predicted octanol–water partition coefficient (Wildman–Crippen LogP) is 2.11. The number of nitrogens with two attached hydrogens (primary N) is 1. The van der Waals surface area contributed by atoms with E-state index in [1.807, 2.05) is 0 Å². The summed E-state index contributed by atoms with van der Waals surface area (Å²) in [6, 6.07) is 4.83. The van der Waals surface area contributed by atoms with Crippen LogP contribution < -0.4 is 5.73 Å². The number of carbonyl (C=O) groups excluding carboxylic acids is 1. The van der Waals surface area contributed by atoms with Crippen molar-refractivity contribution in [3.8, 4) is 11.8 Å². The van der Waals surface area contributed by atoms with E-state index in [2.05, 4.69) is 26.6 Å². The number of carbonyl (C=O) groups is 1. The van der Waals surface area contributed by atoms with E-state index in [1.165, 1.54) is 13.2 Å². The molecular formula is C12H12N4O2. The van der Waals surface area contributed by atoms with Crippen LogP contribution in [0, 0.1) is 11.8 Å². The van der Waals surface area contributed by atoms with Gasteiger partial charge < -0.3 is 10.5 Å². The van der Waals surface area contributed by atoms with Crippen LogP contribution in [0.3, 0.4) is 0 Å². The molecule has 92 valence electrons. The molecule has 0 aliphatic rings. The average Bonchev–Trinajstić information content (AvgIpc) is 2.39. The summed E-state index contributed by atoms with van der Waals surface area (Å²) >= 11 is 0. The molecule has 6 nitrogen and oxygen atoms in total. The molecule has 0 aliphatic carbocycles. The van der Waals surface area contributed by atoms with E-state index in [1.54, 1.807) is 12.1 Å². The van der Waals surface area contributed by atoms with Gasteiger partial charge in [-0.1, -0.05) is 17.0 Å². The number of benzene rings is 1. The minimum Gasteiger partial charge on any atom is -0.465 e. The summed E-state index contributed by atoms with van der Waals surface area (Å²) < 4.78 is 4.65. The second-order valence-electron chi connectivity index (χ2n) is 3.30. The maximum Gasteiger partial charge on any atom is 0.339 e. The molecule has 1 rings (SSSR count). The number of azide groups is 1. The van der Waals surface area contributed by atoms with E-state index < -0.39 is 5.97 Å². The van der Waals surface area contributed by atoms with Gasteiger partial charge in [-0.3, -0.25) is 0 Å². The Morgan fingerprint density at radius 3 is 3.06 bits per heavy atom. The van der Waals surface area contributed by atoms with Gasteiger partial charge in [0.15, 0.2) is 0 Å². The largest absolute Gasteiger partial charge is 0.465 e. The molecule has 0 radical (unpaired) electrons. The Bertz CT molecular complexity index is 551. The van der Waals surface area contributed by atoms with Gasteiger partial charge in [-0.2, -0.15) is 0 Å². The maximum absolute atomic E-state index is 11.5. The van der Waals surface area contributed by atoms with Crippen LogP contribution in [-0.2, 0) is 4.74 Å². The minimum absolute atomic E-state index is 0.298. The molecule has 0 atom stereocenters. The van der Waals surface area contributed by atoms with Crippen molar-refractivity contribution in [2.24, 2.45) is 5.11 Å². The van der Waals surface area contributed by atoms with E-state index in [9.17, 15) is 4.79 Å². The number of nitrogens with zero attached hydrogens (tertiary/aromatic N) is 3. The van der Waals surface area contributed by atoms with Crippen LogP contribution in [0.4, 0.5) is 5.69 Å². The van der Waals surface area contributed by atoms with Gasteiger partial charge >= 0.3 is 5.97 Å². The van der Waals surface area contributed by atoms with Crippen molar-refractivity contribution in [3.05, 3.63) is 39.8 Å². The Hall–Kier alpha value is -2.64. The third kappa shape index (κ3) is 3.74. The molecule has 0 unspecified atom stereocenters. The average molecular weight is 244 g/mol. The lowest BCUT2D eigenvalue weighted by molar-refractivity contribution is 0.0600. The molecule has 0 saturated heterocycles. The van der Waals surface area contributed by atoms with Gasteiger partial charge in [0.25, 0.3) is 0 Å². The number of esters is 1. The molecule has 0 aromatic heterocycles. The first kappa shape index (κ1) is 13.4. The van der Waals surface area contributed by atoms with E-state index in [0.29, 0.717) is 29.8 Å². The lowest BCUT2D eigenvalue weighted by atomic mass is 10.1. The van der Waals surface area contributed by atoms with Gasteiger partial charge in [-0.05, 0) is 23.7 Å². The first-order chi connectivity index (χ1) is 8.69. The molecule has 1 aromatic rings. The van der Waals surface area contributed by atoms with Crippen LogP contribution in [0.5, 0.6) is 0 Å². The van der Waals surface area contributed by atoms with Crippen LogP contribution in [0.2, 0.25) is 0 Å². The summed E-state index contributed by atoms with van der Waals surface area (Å²) in [4.78, 5) is 14.1. The number of rotatable bonds is 3. The van der Waals surface area contributed by atoms with Crippen LogP contribution >= 0.6 is 0 Å². The lowest BCUT2D eigenvalue weighted by Gasteiger charge is -2.03. The Labute approximate surface area is 104 Å². The minimum atomic E-state index is -0.485. The van der Waals surface area contributed by atoms with E-state index in [0.717, 1.165) is 0 Å². The van der Waals surface area contributed by atoms with Gasteiger partial charge in [0.2, 0.25) is 0 Å². The van der Waals surface area contributed by atoms with Gasteiger partial charge in [0, 0.05) is 29.1 Å². The molecule has 0 fully saturated rings. The summed E-state index contributed by atoms with van der Waals surface area (Å²) in [5.74, 6) is 5.15. The normalized spacial score (nSPS) is 8.72. The number of hydrogen-bond donors (Lipinski definition) is 1. The zero-order valence-corrected chi connectivity index (χ0v) is 9.88. The Kier molecular flexibility index (Phi) is 5.10. The number of ether oxygens (including phenoxy) is 1. The highest BCUT2D eigenvalue weighted by atomic mass is 16.5. The standard InChI is InChI=1S/C12H12N4O2/c1-18-12(17)11-8-10(13)6-5-9(11)4-2-3-7-15-16-14/h5-6,8H,3,7,13H2,1H3. The highest BCUT2D eigenvalue weighted by molar-refractivity contribution is 5.93. The molecule has 0 saturated carbocycles. The number of methoxy groups -OCH3 is 1. The van der Waals surface area contributed by atoms with Crippen molar-refractivity contribution in [2.45, 2.75) is 6.42 Å². The highest BCUT2D eigenvalue weighted by Crippen LogP contribution is 2.13. The highest BCUT2D eigenvalue weighted by Gasteiger charge is 2.10. The fourth-order valence-electron chi connectivity index (χ4n) is 1.26. The SMILES string of the molecule is COC(=O)c1cc(N)ccc1C#CCCN=[N+]=[N-]. The molecule has 2 N–H and O–H groups in total. The summed E-state index contributed by atoms with van der Waals surface area (Å²) in [6.07, 6.45) is 0.426. The molecular weight excluding hydrogens is 232 g/mol. The first-order valence-electron chi connectivity index (χ1n) is 5.16. The zero-order valence-electron chi connectivity index (χ0n) is 9.88. The quantitative estimate of drug-likeness (QED) is 0.167. The Morgan fingerprint density at radius 2 is 2.39 bits per heavy atom. The summed E-state index contributed by atoms with van der Waals surface area (Å²) in [6.45, 7) is 0.298.